The maximum Gasteiger partial charge on any atom is 0.209 e. The van der Waals surface area contributed by atoms with Gasteiger partial charge < -0.3 is 14.5 Å². The number of hydrogen-bond donors (Lipinski definition) is 2. The van der Waals surface area contributed by atoms with E-state index in [4.69, 9.17) is 4.74 Å². The van der Waals surface area contributed by atoms with Crippen molar-refractivity contribution in [3.05, 3.63) is 18.5 Å². The van der Waals surface area contributed by atoms with Crippen LogP contribution in [0.4, 0.5) is 0 Å². The van der Waals surface area contributed by atoms with Crippen molar-refractivity contribution < 1.29 is 14.5 Å². The van der Waals surface area contributed by atoms with Crippen LogP contribution in [0.5, 0.6) is 0 Å². The Hall–Kier alpha value is -1.31. The molecule has 2 fully saturated rings. The molecule has 140 valence electrons. The first kappa shape index (κ1) is 18.5. The minimum absolute atomic E-state index is 0.276. The van der Waals surface area contributed by atoms with Crippen molar-refractivity contribution in [1.82, 2.24) is 20.2 Å². The molecule has 2 aliphatic rings. The van der Waals surface area contributed by atoms with E-state index in [1.807, 2.05) is 10.8 Å². The van der Waals surface area contributed by atoms with Crippen LogP contribution in [0.2, 0.25) is 0 Å². The van der Waals surface area contributed by atoms with E-state index in [2.05, 4.69) is 29.0 Å². The van der Waals surface area contributed by atoms with Crippen LogP contribution in [0.25, 0.3) is 0 Å². The van der Waals surface area contributed by atoms with Crippen molar-refractivity contribution >= 4 is 0 Å². The zero-order chi connectivity index (χ0) is 17.5. The number of tetrazole rings is 1. The van der Waals surface area contributed by atoms with Crippen molar-refractivity contribution in [2.75, 3.05) is 39.3 Å². The highest BCUT2D eigenvalue weighted by Gasteiger charge is 2.34. The van der Waals surface area contributed by atoms with E-state index in [-0.39, 0.29) is 6.10 Å². The van der Waals surface area contributed by atoms with Gasteiger partial charge in [0.25, 0.3) is 0 Å². The molecule has 0 aromatic carbocycles. The zero-order valence-electron chi connectivity index (χ0n) is 15.6. The Bertz CT molecular complexity index is 519. The van der Waals surface area contributed by atoms with E-state index in [0.717, 1.165) is 44.8 Å². The fourth-order valence-electron chi connectivity index (χ4n) is 4.18. The van der Waals surface area contributed by atoms with Gasteiger partial charge in [0.1, 0.15) is 32.2 Å². The van der Waals surface area contributed by atoms with Gasteiger partial charge in [0.05, 0.1) is 19.2 Å². The van der Waals surface area contributed by atoms with Gasteiger partial charge in [0.15, 0.2) is 0 Å². The van der Waals surface area contributed by atoms with Crippen LogP contribution in [-0.2, 0) is 11.3 Å². The van der Waals surface area contributed by atoms with E-state index in [1.165, 1.54) is 39.0 Å². The summed E-state index contributed by atoms with van der Waals surface area (Å²) in [4.78, 5) is 3.29. The van der Waals surface area contributed by atoms with Crippen molar-refractivity contribution in [3.8, 4) is 0 Å². The second-order valence-corrected chi connectivity index (χ2v) is 7.45. The molecule has 2 aliphatic heterocycles. The molecule has 0 bridgehead atoms. The van der Waals surface area contributed by atoms with Gasteiger partial charge in [-0.25, -0.2) is 4.68 Å². The summed E-state index contributed by atoms with van der Waals surface area (Å²) in [6, 6.07) is 0.404. The first-order chi connectivity index (χ1) is 12.3. The molecule has 7 heteroatoms. The number of unbranched alkanes of at least 4 members (excludes halogenated alkanes) is 1. The minimum Gasteiger partial charge on any atom is -0.376 e. The van der Waals surface area contributed by atoms with Crippen LogP contribution in [0, 0.1) is 0 Å². The Morgan fingerprint density at radius 1 is 1.36 bits per heavy atom. The average molecular weight is 351 g/mol. The van der Waals surface area contributed by atoms with E-state index in [9.17, 15) is 0 Å². The summed E-state index contributed by atoms with van der Waals surface area (Å²) in [6.07, 6.45) is 8.19. The molecule has 2 N–H and O–H groups in total. The first-order valence-electron chi connectivity index (χ1n) is 9.98. The number of nitrogens with one attached hydrogen (secondary N) is 2. The normalized spacial score (nSPS) is 28.1. The second-order valence-electron chi connectivity index (χ2n) is 7.45. The fraction of sp³-hybridized carbons (Fsp3) is 0.833. The first-order valence-corrected chi connectivity index (χ1v) is 9.98. The molecule has 1 aromatic rings. The van der Waals surface area contributed by atoms with Crippen LogP contribution in [0.1, 0.15) is 50.9 Å². The molecule has 0 unspecified atom stereocenters. The standard InChI is InChI=1S/C18H32N6O/c1-3-5-8-17(23-12-10-22(9-4-2)11-13-23)18-19-20-21-24(18)15-16-7-6-14-25-16/h4,16-17H,2-3,5-15H2,1H3/p+2/t16-,17+/m1/s1. The fourth-order valence-corrected chi connectivity index (χ4v) is 4.18. The van der Waals surface area contributed by atoms with Gasteiger partial charge in [-0.05, 0) is 35.8 Å². The van der Waals surface area contributed by atoms with Crippen LogP contribution in [0.15, 0.2) is 12.7 Å². The van der Waals surface area contributed by atoms with Gasteiger partial charge in [-0.15, -0.1) is 5.10 Å². The third kappa shape index (κ3) is 4.86. The molecule has 2 atom stereocenters. The second kappa shape index (κ2) is 9.40. The minimum atomic E-state index is 0.276. The smallest absolute Gasteiger partial charge is 0.209 e. The topological polar surface area (TPSA) is 61.7 Å². The molecule has 0 radical (unpaired) electrons. The molecular weight excluding hydrogens is 316 g/mol. The molecule has 7 nitrogen and oxygen atoms in total. The number of ether oxygens (including phenoxy) is 1. The Morgan fingerprint density at radius 2 is 2.20 bits per heavy atom. The summed E-state index contributed by atoms with van der Waals surface area (Å²) in [7, 11) is 0. The Kier molecular flexibility index (Phi) is 6.95. The number of aromatic nitrogens is 4. The molecule has 0 spiro atoms. The van der Waals surface area contributed by atoms with E-state index >= 15 is 0 Å². The lowest BCUT2D eigenvalue weighted by atomic mass is 10.1. The van der Waals surface area contributed by atoms with Gasteiger partial charge in [0.2, 0.25) is 5.82 Å². The van der Waals surface area contributed by atoms with Crippen LogP contribution in [0.3, 0.4) is 0 Å². The monoisotopic (exact) mass is 350 g/mol. The summed E-state index contributed by atoms with van der Waals surface area (Å²) < 4.78 is 7.81. The Morgan fingerprint density at radius 3 is 2.88 bits per heavy atom. The summed E-state index contributed by atoms with van der Waals surface area (Å²) in [5, 5.41) is 12.7. The SMILES string of the molecule is C=CC[NH+]1CC[NH+]([C@@H](CCCC)c2nnnn2C[C@H]2CCCO2)CC1. The van der Waals surface area contributed by atoms with Gasteiger partial charge >= 0.3 is 0 Å². The van der Waals surface area contributed by atoms with Crippen LogP contribution >= 0.6 is 0 Å². The summed E-state index contributed by atoms with van der Waals surface area (Å²) >= 11 is 0. The van der Waals surface area contributed by atoms with Gasteiger partial charge in [-0.3, -0.25) is 0 Å². The highest BCUT2D eigenvalue weighted by molar-refractivity contribution is 4.89. The maximum atomic E-state index is 5.79. The largest absolute Gasteiger partial charge is 0.376 e. The summed E-state index contributed by atoms with van der Waals surface area (Å²) in [5.74, 6) is 1.06. The predicted molar refractivity (Wildman–Crippen MR) is 95.5 cm³/mol. The molecule has 0 aliphatic carbocycles. The zero-order valence-corrected chi connectivity index (χ0v) is 15.6. The van der Waals surface area contributed by atoms with E-state index in [1.54, 1.807) is 9.80 Å². The highest BCUT2D eigenvalue weighted by Crippen LogP contribution is 2.18. The van der Waals surface area contributed by atoms with E-state index in [0.29, 0.717) is 6.04 Å². The number of quaternary nitrogens is 2. The molecule has 0 saturated carbocycles. The summed E-state index contributed by atoms with van der Waals surface area (Å²) in [6.45, 7) is 13.7. The number of nitrogens with zero attached hydrogens (tertiary/aromatic N) is 4. The van der Waals surface area contributed by atoms with Gasteiger partial charge in [-0.1, -0.05) is 19.9 Å². The molecule has 3 rings (SSSR count). The van der Waals surface area contributed by atoms with Crippen molar-refractivity contribution in [2.24, 2.45) is 0 Å². The molecule has 2 saturated heterocycles. The molecule has 3 heterocycles. The summed E-state index contributed by atoms with van der Waals surface area (Å²) in [5.41, 5.74) is 0. The molecular formula is C18H34N6O+2. The van der Waals surface area contributed by atoms with E-state index < -0.39 is 0 Å². The molecule has 25 heavy (non-hydrogen) atoms. The Balaban J connectivity index is 1.68. The molecule has 1 aromatic heterocycles. The van der Waals surface area contributed by atoms with Crippen molar-refractivity contribution in [1.29, 1.82) is 0 Å². The maximum absolute atomic E-state index is 5.79. The quantitative estimate of drug-likeness (QED) is 0.564. The number of piperazine rings is 1. The number of hydrogen-bond acceptors (Lipinski definition) is 4. The third-order valence-corrected chi connectivity index (χ3v) is 5.64. The van der Waals surface area contributed by atoms with Crippen LogP contribution in [-0.4, -0.2) is 65.6 Å². The van der Waals surface area contributed by atoms with Crippen molar-refractivity contribution in [3.63, 3.8) is 0 Å². The van der Waals surface area contributed by atoms with Crippen LogP contribution < -0.4 is 9.80 Å². The van der Waals surface area contributed by atoms with Gasteiger partial charge in [0, 0.05) is 13.0 Å². The Labute approximate surface area is 151 Å². The highest BCUT2D eigenvalue weighted by atomic mass is 16.5. The number of rotatable bonds is 9. The molecule has 0 amide bonds. The lowest BCUT2D eigenvalue weighted by Gasteiger charge is -2.33. The van der Waals surface area contributed by atoms with Gasteiger partial charge in [-0.2, -0.15) is 0 Å². The predicted octanol–water partition coefficient (Wildman–Crippen LogP) is -0.947. The average Bonchev–Trinajstić information content (AvgIpc) is 3.30. The lowest BCUT2D eigenvalue weighted by molar-refractivity contribution is -1.03. The lowest BCUT2D eigenvalue weighted by Crippen LogP contribution is -3.28. The van der Waals surface area contributed by atoms with Crippen molar-refractivity contribution in [2.45, 2.75) is 57.7 Å². The third-order valence-electron chi connectivity index (χ3n) is 5.64.